The molecule has 0 aromatic heterocycles. The number of benzene rings is 1. The molecule has 0 radical (unpaired) electrons. The van der Waals surface area contributed by atoms with Crippen LogP contribution in [-0.2, 0) is 34.9 Å². The molecule has 0 aliphatic rings. The maximum Gasteiger partial charge on any atom is 0.514 e. The van der Waals surface area contributed by atoms with Crippen LogP contribution in [0.15, 0.2) is 18.2 Å². The van der Waals surface area contributed by atoms with Gasteiger partial charge < -0.3 is 38.9 Å². The Labute approximate surface area is 216 Å². The van der Waals surface area contributed by atoms with Crippen molar-refractivity contribution in [2.45, 2.75) is 84.7 Å². The van der Waals surface area contributed by atoms with Gasteiger partial charge in [-0.1, -0.05) is 13.0 Å². The van der Waals surface area contributed by atoms with E-state index in [1.807, 2.05) is 6.92 Å². The molecular formula is C25H37NO11. The Morgan fingerprint density at radius 2 is 1.43 bits per heavy atom. The van der Waals surface area contributed by atoms with E-state index in [0.29, 0.717) is 12.0 Å². The quantitative estimate of drug-likeness (QED) is 0.234. The van der Waals surface area contributed by atoms with E-state index < -0.39 is 48.3 Å². The molecule has 0 spiro atoms. The van der Waals surface area contributed by atoms with Gasteiger partial charge in [0.25, 0.3) is 0 Å². The summed E-state index contributed by atoms with van der Waals surface area (Å²) in [7, 11) is 1.18. The Morgan fingerprint density at radius 1 is 0.865 bits per heavy atom. The van der Waals surface area contributed by atoms with E-state index in [9.17, 15) is 19.2 Å². The Hall–Kier alpha value is -3.54. The van der Waals surface area contributed by atoms with Gasteiger partial charge in [0.2, 0.25) is 0 Å². The molecule has 1 unspecified atom stereocenters. The number of carbonyl (C=O) groups is 4. The summed E-state index contributed by atoms with van der Waals surface area (Å²) in [4.78, 5) is 48.6. The molecule has 37 heavy (non-hydrogen) atoms. The molecule has 208 valence electrons. The summed E-state index contributed by atoms with van der Waals surface area (Å²) >= 11 is 0. The molecule has 1 aromatic carbocycles. The first-order valence-corrected chi connectivity index (χ1v) is 11.9. The first-order chi connectivity index (χ1) is 17.3. The average molecular weight is 528 g/mol. The van der Waals surface area contributed by atoms with E-state index in [-0.39, 0.29) is 30.9 Å². The number of methoxy groups -OCH3 is 1. The van der Waals surface area contributed by atoms with Crippen LogP contribution in [0.3, 0.4) is 0 Å². The van der Waals surface area contributed by atoms with Gasteiger partial charge in [-0.25, -0.2) is 14.4 Å². The lowest BCUT2D eigenvalue weighted by Crippen LogP contribution is -2.53. The molecule has 1 aromatic rings. The number of carbonyl (C=O) groups excluding carboxylic acids is 4. The normalized spacial score (nSPS) is 13.2. The van der Waals surface area contributed by atoms with Crippen molar-refractivity contribution >= 4 is 24.4 Å². The van der Waals surface area contributed by atoms with E-state index >= 15 is 0 Å². The topological polar surface area (TPSA) is 159 Å². The second kappa shape index (κ2) is 14.9. The fraction of sp³-hybridized carbons (Fsp3) is 0.600. The molecule has 12 nitrogen and oxygen atoms in total. The highest BCUT2D eigenvalue weighted by atomic mass is 16.8. The van der Waals surface area contributed by atoms with Gasteiger partial charge in [-0.05, 0) is 58.7 Å². The predicted molar refractivity (Wildman–Crippen MR) is 130 cm³/mol. The van der Waals surface area contributed by atoms with Crippen LogP contribution in [0.1, 0.15) is 59.9 Å². The minimum atomic E-state index is -1.63. The Morgan fingerprint density at radius 3 is 1.95 bits per heavy atom. The molecule has 0 amide bonds. The molecule has 1 rings (SSSR count). The zero-order valence-corrected chi connectivity index (χ0v) is 22.4. The second-order valence-electron chi connectivity index (χ2n) is 8.87. The highest BCUT2D eigenvalue weighted by molar-refractivity contribution is 5.81. The largest absolute Gasteiger partial charge is 0.514 e. The second-order valence-corrected chi connectivity index (χ2v) is 8.87. The van der Waals surface area contributed by atoms with Crippen molar-refractivity contribution in [1.29, 1.82) is 0 Å². The number of rotatable bonds is 12. The van der Waals surface area contributed by atoms with E-state index in [4.69, 9.17) is 38.9 Å². The zero-order valence-electron chi connectivity index (χ0n) is 22.4. The van der Waals surface area contributed by atoms with Gasteiger partial charge in [0.1, 0.15) is 11.6 Å². The van der Waals surface area contributed by atoms with Crippen LogP contribution in [0.25, 0.3) is 0 Å². The van der Waals surface area contributed by atoms with E-state index in [1.54, 1.807) is 34.6 Å². The van der Waals surface area contributed by atoms with Gasteiger partial charge in [0.05, 0.1) is 25.9 Å². The lowest BCUT2D eigenvalue weighted by atomic mass is 9.86. The van der Waals surface area contributed by atoms with Gasteiger partial charge >= 0.3 is 24.4 Å². The highest BCUT2D eigenvalue weighted by Gasteiger charge is 2.38. The SMILES string of the molecule is CCCOC(=O)O[C@@H](C)CC(N)(Cc1ccc(OC(=O)OC(C)C)c(OC(=O)OC(C)C)c1)C(=O)OC. The fourth-order valence-corrected chi connectivity index (χ4v) is 3.17. The lowest BCUT2D eigenvalue weighted by molar-refractivity contribution is -0.148. The Kier molecular flexibility index (Phi) is 12.7. The van der Waals surface area contributed by atoms with E-state index in [0.717, 1.165) is 0 Å². The smallest absolute Gasteiger partial charge is 0.468 e. The number of hydrogen-bond acceptors (Lipinski definition) is 12. The fourth-order valence-electron chi connectivity index (χ4n) is 3.17. The van der Waals surface area contributed by atoms with E-state index in [1.165, 1.54) is 25.3 Å². The average Bonchev–Trinajstić information content (AvgIpc) is 2.77. The molecule has 0 aliphatic carbocycles. The lowest BCUT2D eigenvalue weighted by Gasteiger charge is -2.29. The van der Waals surface area contributed by atoms with Crippen LogP contribution in [-0.4, -0.2) is 62.0 Å². The van der Waals surface area contributed by atoms with Crippen molar-refractivity contribution in [1.82, 2.24) is 0 Å². The number of esters is 1. The molecule has 0 bridgehead atoms. The van der Waals surface area contributed by atoms with Crippen LogP contribution in [0.4, 0.5) is 14.4 Å². The summed E-state index contributed by atoms with van der Waals surface area (Å²) in [5.74, 6) is -1.04. The van der Waals surface area contributed by atoms with Gasteiger partial charge in [-0.15, -0.1) is 0 Å². The van der Waals surface area contributed by atoms with E-state index in [2.05, 4.69) is 0 Å². The number of ether oxygens (including phenoxy) is 7. The first kappa shape index (κ1) is 31.5. The summed E-state index contributed by atoms with van der Waals surface area (Å²) < 4.78 is 35.3. The molecule has 0 heterocycles. The third kappa shape index (κ3) is 11.4. The zero-order chi connectivity index (χ0) is 28.2. The molecule has 2 atom stereocenters. The Bertz CT molecular complexity index is 931. The third-order valence-corrected chi connectivity index (χ3v) is 4.54. The van der Waals surface area contributed by atoms with Crippen molar-refractivity contribution < 1.29 is 52.3 Å². The maximum absolute atomic E-state index is 12.6. The minimum absolute atomic E-state index is 0.106. The monoisotopic (exact) mass is 527 g/mol. The molecule has 0 fully saturated rings. The van der Waals surface area contributed by atoms with Crippen LogP contribution in [0.5, 0.6) is 11.5 Å². The van der Waals surface area contributed by atoms with Crippen molar-refractivity contribution in [3.05, 3.63) is 23.8 Å². The standard InChI is InChI=1S/C25H37NO11/c1-8-11-32-22(28)35-17(6)13-25(26,21(27)31-7)14-18-9-10-19(36-23(29)33-15(2)3)20(12-18)37-24(30)34-16(4)5/h9-10,12,15-17H,8,11,13-14,26H2,1-7H3/t17-,25?/m0/s1. The van der Waals surface area contributed by atoms with Crippen molar-refractivity contribution in [2.75, 3.05) is 13.7 Å². The predicted octanol–water partition coefficient (Wildman–Crippen LogP) is 4.29. The molecule has 0 aliphatic heterocycles. The van der Waals surface area contributed by atoms with Gasteiger partial charge in [-0.3, -0.25) is 4.79 Å². The maximum atomic E-state index is 12.6. The number of hydrogen-bond donors (Lipinski definition) is 1. The molecule has 12 heteroatoms. The van der Waals surface area contributed by atoms with Crippen LogP contribution in [0, 0.1) is 0 Å². The van der Waals surface area contributed by atoms with Gasteiger partial charge in [0, 0.05) is 12.8 Å². The summed E-state index contributed by atoms with van der Waals surface area (Å²) in [6.45, 7) is 10.1. The van der Waals surface area contributed by atoms with Crippen molar-refractivity contribution in [3.8, 4) is 11.5 Å². The third-order valence-electron chi connectivity index (χ3n) is 4.54. The van der Waals surface area contributed by atoms with Crippen molar-refractivity contribution in [2.24, 2.45) is 5.73 Å². The molecule has 0 saturated heterocycles. The van der Waals surface area contributed by atoms with Gasteiger partial charge in [-0.2, -0.15) is 0 Å². The Balaban J connectivity index is 3.21. The van der Waals surface area contributed by atoms with Gasteiger partial charge in [0.15, 0.2) is 11.5 Å². The summed E-state index contributed by atoms with van der Waals surface area (Å²) in [6.07, 6.45) is -4.21. The highest BCUT2D eigenvalue weighted by Crippen LogP contribution is 2.32. The summed E-state index contributed by atoms with van der Waals surface area (Å²) in [5.41, 5.74) is 5.20. The molecule has 2 N–H and O–H groups in total. The minimum Gasteiger partial charge on any atom is -0.468 e. The molecule has 0 saturated carbocycles. The summed E-state index contributed by atoms with van der Waals surface area (Å²) in [6, 6.07) is 4.24. The van der Waals surface area contributed by atoms with Crippen LogP contribution < -0.4 is 15.2 Å². The molecular weight excluding hydrogens is 490 g/mol. The van der Waals surface area contributed by atoms with Crippen LogP contribution in [0.2, 0.25) is 0 Å². The summed E-state index contributed by atoms with van der Waals surface area (Å²) in [5, 5.41) is 0. The van der Waals surface area contributed by atoms with Crippen LogP contribution >= 0.6 is 0 Å². The number of nitrogens with two attached hydrogens (primary N) is 1. The first-order valence-electron chi connectivity index (χ1n) is 11.9. The van der Waals surface area contributed by atoms with Crippen molar-refractivity contribution in [3.63, 3.8) is 0 Å².